The standard InChI is InChI=1S/C26H29N5O2/c1-4-24(33)29-11-13-30(14-12-29)26-21-9-10-31(16-22(21)27-18(3)28-26)25-17(2)23(32)15-19-7-5-6-8-20(19)25/h4-8,15,32H,1,9-14,16H2,2-3H3. The van der Waals surface area contributed by atoms with Gasteiger partial charge in [-0.3, -0.25) is 4.79 Å². The number of anilines is 2. The van der Waals surface area contributed by atoms with Gasteiger partial charge in [0.15, 0.2) is 0 Å². The fourth-order valence-electron chi connectivity index (χ4n) is 5.08. The SMILES string of the molecule is C=CC(=O)N1CCN(c2nc(C)nc3c2CCN(c2c(C)c(O)cc4ccccc24)C3)CC1. The molecule has 0 radical (unpaired) electrons. The molecular weight excluding hydrogens is 414 g/mol. The number of fused-ring (bicyclic) bond motifs is 2. The molecule has 170 valence electrons. The van der Waals surface area contributed by atoms with Crippen LogP contribution >= 0.6 is 0 Å². The molecule has 0 spiro atoms. The van der Waals surface area contributed by atoms with Crippen molar-refractivity contribution in [1.29, 1.82) is 0 Å². The number of carbonyl (C=O) groups is 1. The minimum Gasteiger partial charge on any atom is -0.508 e. The Hall–Kier alpha value is -3.61. The van der Waals surface area contributed by atoms with Gasteiger partial charge in [0, 0.05) is 49.2 Å². The van der Waals surface area contributed by atoms with E-state index in [1.54, 1.807) is 0 Å². The highest BCUT2D eigenvalue weighted by molar-refractivity contribution is 5.97. The van der Waals surface area contributed by atoms with Crippen molar-refractivity contribution >= 4 is 28.2 Å². The average Bonchev–Trinajstić information content (AvgIpc) is 2.83. The van der Waals surface area contributed by atoms with Crippen LogP contribution in [0.2, 0.25) is 0 Å². The van der Waals surface area contributed by atoms with Gasteiger partial charge in [-0.1, -0.05) is 30.8 Å². The third-order valence-corrected chi connectivity index (χ3v) is 6.78. The van der Waals surface area contributed by atoms with Crippen LogP contribution < -0.4 is 9.80 Å². The lowest BCUT2D eigenvalue weighted by Crippen LogP contribution is -2.49. The Labute approximate surface area is 194 Å². The summed E-state index contributed by atoms with van der Waals surface area (Å²) in [6, 6.07) is 10.0. The number of phenolic OH excluding ortho intramolecular Hbond substituents is 1. The number of benzene rings is 2. The van der Waals surface area contributed by atoms with Gasteiger partial charge in [0.25, 0.3) is 0 Å². The molecule has 0 aliphatic carbocycles. The molecule has 0 bridgehead atoms. The molecule has 3 heterocycles. The van der Waals surface area contributed by atoms with Crippen LogP contribution in [0.15, 0.2) is 43.0 Å². The molecular formula is C26H29N5O2. The van der Waals surface area contributed by atoms with Crippen molar-refractivity contribution < 1.29 is 9.90 Å². The van der Waals surface area contributed by atoms with E-state index in [4.69, 9.17) is 9.97 Å². The minimum atomic E-state index is -0.0140. The second-order valence-corrected chi connectivity index (χ2v) is 8.80. The number of piperazine rings is 1. The fourth-order valence-corrected chi connectivity index (χ4v) is 5.08. The van der Waals surface area contributed by atoms with Crippen LogP contribution in [0.1, 0.15) is 22.6 Å². The van der Waals surface area contributed by atoms with Crippen molar-refractivity contribution in [2.75, 3.05) is 42.5 Å². The van der Waals surface area contributed by atoms with E-state index < -0.39 is 0 Å². The number of hydrogen-bond acceptors (Lipinski definition) is 6. The molecule has 1 fully saturated rings. The van der Waals surface area contributed by atoms with E-state index in [0.717, 1.165) is 65.4 Å². The van der Waals surface area contributed by atoms with Gasteiger partial charge in [-0.15, -0.1) is 0 Å². The van der Waals surface area contributed by atoms with E-state index in [1.807, 2.05) is 43.0 Å². The number of aryl methyl sites for hydroxylation is 1. The Morgan fingerprint density at radius 1 is 1.06 bits per heavy atom. The largest absolute Gasteiger partial charge is 0.508 e. The normalized spacial score (nSPS) is 16.1. The molecule has 1 amide bonds. The average molecular weight is 444 g/mol. The molecule has 0 saturated carbocycles. The van der Waals surface area contributed by atoms with Crippen LogP contribution in [0.3, 0.4) is 0 Å². The third kappa shape index (κ3) is 3.77. The molecule has 7 nitrogen and oxygen atoms in total. The molecule has 1 aromatic heterocycles. The monoisotopic (exact) mass is 443 g/mol. The maximum Gasteiger partial charge on any atom is 0.246 e. The van der Waals surface area contributed by atoms with Crippen LogP contribution in [0.25, 0.3) is 10.8 Å². The zero-order valence-corrected chi connectivity index (χ0v) is 19.2. The Morgan fingerprint density at radius 3 is 2.58 bits per heavy atom. The summed E-state index contributed by atoms with van der Waals surface area (Å²) in [5.74, 6) is 2.06. The number of carbonyl (C=O) groups excluding carboxylic acids is 1. The van der Waals surface area contributed by atoms with Crippen molar-refractivity contribution in [2.24, 2.45) is 0 Å². The highest BCUT2D eigenvalue weighted by Gasteiger charge is 2.28. The number of hydrogen-bond donors (Lipinski definition) is 1. The van der Waals surface area contributed by atoms with Crippen molar-refractivity contribution in [2.45, 2.75) is 26.8 Å². The predicted octanol–water partition coefficient (Wildman–Crippen LogP) is 3.35. The van der Waals surface area contributed by atoms with Crippen molar-refractivity contribution in [3.8, 4) is 5.75 Å². The second-order valence-electron chi connectivity index (χ2n) is 8.80. The van der Waals surface area contributed by atoms with E-state index in [2.05, 4.69) is 22.4 Å². The summed E-state index contributed by atoms with van der Waals surface area (Å²) in [4.78, 5) is 28.0. The van der Waals surface area contributed by atoms with Crippen LogP contribution in [0.4, 0.5) is 11.5 Å². The van der Waals surface area contributed by atoms with Gasteiger partial charge in [0.05, 0.1) is 17.9 Å². The lowest BCUT2D eigenvalue weighted by atomic mass is 9.98. The zero-order valence-electron chi connectivity index (χ0n) is 19.2. The maximum atomic E-state index is 12.0. The third-order valence-electron chi connectivity index (χ3n) is 6.78. The Balaban J connectivity index is 1.47. The van der Waals surface area contributed by atoms with Gasteiger partial charge in [0.2, 0.25) is 5.91 Å². The first kappa shape index (κ1) is 21.2. The van der Waals surface area contributed by atoms with Crippen molar-refractivity contribution in [3.05, 3.63) is 65.6 Å². The van der Waals surface area contributed by atoms with Crippen molar-refractivity contribution in [3.63, 3.8) is 0 Å². The highest BCUT2D eigenvalue weighted by Crippen LogP contribution is 2.39. The molecule has 2 aliphatic rings. The van der Waals surface area contributed by atoms with E-state index in [1.165, 1.54) is 11.6 Å². The second kappa shape index (κ2) is 8.39. The number of aromatic hydroxyl groups is 1. The molecule has 0 atom stereocenters. The first-order chi connectivity index (χ1) is 16.0. The Kier molecular flexibility index (Phi) is 5.40. The molecule has 2 aromatic carbocycles. The van der Waals surface area contributed by atoms with Crippen molar-refractivity contribution in [1.82, 2.24) is 14.9 Å². The molecule has 7 heteroatoms. The summed E-state index contributed by atoms with van der Waals surface area (Å²) >= 11 is 0. The summed E-state index contributed by atoms with van der Waals surface area (Å²) in [6.07, 6.45) is 2.22. The molecule has 0 unspecified atom stereocenters. The van der Waals surface area contributed by atoms with Gasteiger partial charge < -0.3 is 19.8 Å². The molecule has 2 aliphatic heterocycles. The number of phenols is 1. The van der Waals surface area contributed by atoms with Gasteiger partial charge in [0.1, 0.15) is 17.4 Å². The number of nitrogens with zero attached hydrogens (tertiary/aromatic N) is 5. The summed E-state index contributed by atoms with van der Waals surface area (Å²) in [5.41, 5.74) is 4.21. The molecule has 33 heavy (non-hydrogen) atoms. The summed E-state index contributed by atoms with van der Waals surface area (Å²) in [5, 5.41) is 12.7. The molecule has 1 saturated heterocycles. The predicted molar refractivity (Wildman–Crippen MR) is 131 cm³/mol. The fraction of sp³-hybridized carbons (Fsp3) is 0.346. The van der Waals surface area contributed by atoms with Gasteiger partial charge in [-0.05, 0) is 37.8 Å². The van der Waals surface area contributed by atoms with E-state index in [9.17, 15) is 9.90 Å². The molecule has 3 aromatic rings. The number of aromatic nitrogens is 2. The molecule has 5 rings (SSSR count). The first-order valence-corrected chi connectivity index (χ1v) is 11.4. The summed E-state index contributed by atoms with van der Waals surface area (Å²) in [6.45, 7) is 11.9. The van der Waals surface area contributed by atoms with E-state index >= 15 is 0 Å². The van der Waals surface area contributed by atoms with Crippen LogP contribution in [0.5, 0.6) is 5.75 Å². The van der Waals surface area contributed by atoms with Crippen LogP contribution in [-0.2, 0) is 17.8 Å². The lowest BCUT2D eigenvalue weighted by molar-refractivity contribution is -0.126. The highest BCUT2D eigenvalue weighted by atomic mass is 16.3. The maximum absolute atomic E-state index is 12.0. The van der Waals surface area contributed by atoms with E-state index in [0.29, 0.717) is 25.4 Å². The zero-order chi connectivity index (χ0) is 23.1. The van der Waals surface area contributed by atoms with Crippen LogP contribution in [-0.4, -0.2) is 58.6 Å². The quantitative estimate of drug-likeness (QED) is 0.626. The van der Waals surface area contributed by atoms with E-state index in [-0.39, 0.29) is 5.91 Å². The molecule has 1 N–H and O–H groups in total. The Bertz CT molecular complexity index is 1250. The number of rotatable bonds is 3. The van der Waals surface area contributed by atoms with Gasteiger partial charge >= 0.3 is 0 Å². The van der Waals surface area contributed by atoms with Gasteiger partial charge in [-0.25, -0.2) is 9.97 Å². The minimum absolute atomic E-state index is 0.0140. The Morgan fingerprint density at radius 2 is 1.82 bits per heavy atom. The summed E-state index contributed by atoms with van der Waals surface area (Å²) < 4.78 is 0. The topological polar surface area (TPSA) is 72.8 Å². The summed E-state index contributed by atoms with van der Waals surface area (Å²) in [7, 11) is 0. The van der Waals surface area contributed by atoms with Gasteiger partial charge in [-0.2, -0.15) is 0 Å². The van der Waals surface area contributed by atoms with Crippen LogP contribution in [0, 0.1) is 13.8 Å². The number of amides is 1. The smallest absolute Gasteiger partial charge is 0.246 e. The lowest BCUT2D eigenvalue weighted by Gasteiger charge is -2.38. The first-order valence-electron chi connectivity index (χ1n) is 11.4.